The lowest BCUT2D eigenvalue weighted by Crippen LogP contribution is -2.17. The van der Waals surface area contributed by atoms with Gasteiger partial charge in [0.2, 0.25) is 5.91 Å². The molecule has 0 saturated carbocycles. The predicted molar refractivity (Wildman–Crippen MR) is 51.3 cm³/mol. The number of primary amides is 1. The number of hydrogen-bond donors (Lipinski definition) is 2. The van der Waals surface area contributed by atoms with Crippen LogP contribution in [0.5, 0.6) is 0 Å². The Morgan fingerprint density at radius 1 is 1.43 bits per heavy atom. The Morgan fingerprint density at radius 2 is 2.07 bits per heavy atom. The van der Waals surface area contributed by atoms with E-state index in [-0.39, 0.29) is 11.1 Å². The number of carbonyl (C=O) groups is 2. The molecule has 4 nitrogen and oxygen atoms in total. The number of rotatable bonds is 3. The third-order valence-corrected chi connectivity index (χ3v) is 2.01. The highest BCUT2D eigenvalue weighted by Crippen LogP contribution is 2.15. The molecule has 0 fully saturated rings. The molecule has 74 valence electrons. The first kappa shape index (κ1) is 10.2. The minimum absolute atomic E-state index is 0.0162. The van der Waals surface area contributed by atoms with Crippen LogP contribution in [0.4, 0.5) is 0 Å². The van der Waals surface area contributed by atoms with Crippen LogP contribution in [-0.2, 0) is 6.42 Å². The van der Waals surface area contributed by atoms with E-state index in [2.05, 4.69) is 0 Å². The fourth-order valence-corrected chi connectivity index (χ4v) is 1.35. The van der Waals surface area contributed by atoms with Crippen molar-refractivity contribution in [1.29, 1.82) is 0 Å². The smallest absolute Gasteiger partial charge is 0.336 e. The first-order valence-corrected chi connectivity index (χ1v) is 4.23. The van der Waals surface area contributed by atoms with Crippen molar-refractivity contribution in [3.05, 3.63) is 34.9 Å². The lowest BCUT2D eigenvalue weighted by Gasteiger charge is -2.06. The summed E-state index contributed by atoms with van der Waals surface area (Å²) in [5.41, 5.74) is 5.78. The van der Waals surface area contributed by atoms with Crippen LogP contribution >= 0.6 is 0 Å². The number of benzene rings is 1. The van der Waals surface area contributed by atoms with Crippen molar-refractivity contribution in [2.75, 3.05) is 0 Å². The molecule has 14 heavy (non-hydrogen) atoms. The standard InChI is InChI=1S/C10H11NO3/c1-2-6-4-3-5-7(9(11)12)8(6)10(13)14/h3-5H,2H2,1H3,(H2,11,12)(H,13,14). The van der Waals surface area contributed by atoms with Gasteiger partial charge in [0.1, 0.15) is 0 Å². The number of carbonyl (C=O) groups excluding carboxylic acids is 1. The summed E-state index contributed by atoms with van der Waals surface area (Å²) in [6, 6.07) is 4.73. The summed E-state index contributed by atoms with van der Waals surface area (Å²) >= 11 is 0. The molecule has 0 aliphatic rings. The van der Waals surface area contributed by atoms with Crippen LogP contribution in [-0.4, -0.2) is 17.0 Å². The van der Waals surface area contributed by atoms with Crippen molar-refractivity contribution in [3.8, 4) is 0 Å². The highest BCUT2D eigenvalue weighted by Gasteiger charge is 2.17. The number of aryl methyl sites for hydroxylation is 1. The number of nitrogens with two attached hydrogens (primary N) is 1. The Hall–Kier alpha value is -1.84. The first-order valence-electron chi connectivity index (χ1n) is 4.23. The van der Waals surface area contributed by atoms with Gasteiger partial charge in [-0.3, -0.25) is 4.79 Å². The third kappa shape index (κ3) is 1.74. The number of amides is 1. The van der Waals surface area contributed by atoms with Gasteiger partial charge in [-0.2, -0.15) is 0 Å². The Balaban J connectivity index is 3.43. The summed E-state index contributed by atoms with van der Waals surface area (Å²) < 4.78 is 0. The van der Waals surface area contributed by atoms with Gasteiger partial charge < -0.3 is 10.8 Å². The molecule has 0 spiro atoms. The van der Waals surface area contributed by atoms with Gasteiger partial charge in [-0.05, 0) is 18.1 Å². The minimum atomic E-state index is -1.11. The van der Waals surface area contributed by atoms with Crippen LogP contribution in [0.3, 0.4) is 0 Å². The van der Waals surface area contributed by atoms with Gasteiger partial charge in [-0.25, -0.2) is 4.79 Å². The normalized spacial score (nSPS) is 9.79. The number of aromatic carboxylic acids is 1. The van der Waals surface area contributed by atoms with Crippen molar-refractivity contribution >= 4 is 11.9 Å². The van der Waals surface area contributed by atoms with E-state index in [9.17, 15) is 9.59 Å². The highest BCUT2D eigenvalue weighted by atomic mass is 16.4. The molecular weight excluding hydrogens is 182 g/mol. The topological polar surface area (TPSA) is 80.4 Å². The third-order valence-electron chi connectivity index (χ3n) is 2.01. The van der Waals surface area contributed by atoms with Crippen LogP contribution < -0.4 is 5.73 Å². The summed E-state index contributed by atoms with van der Waals surface area (Å²) in [7, 11) is 0. The predicted octanol–water partition coefficient (Wildman–Crippen LogP) is 1.05. The van der Waals surface area contributed by atoms with E-state index < -0.39 is 11.9 Å². The number of hydrogen-bond acceptors (Lipinski definition) is 2. The maximum Gasteiger partial charge on any atom is 0.336 e. The largest absolute Gasteiger partial charge is 0.478 e. The van der Waals surface area contributed by atoms with Crippen LogP contribution in [0.15, 0.2) is 18.2 Å². The molecule has 0 aliphatic heterocycles. The Bertz CT molecular complexity index is 385. The molecule has 1 rings (SSSR count). The van der Waals surface area contributed by atoms with Gasteiger partial charge in [-0.15, -0.1) is 0 Å². The second-order valence-electron chi connectivity index (χ2n) is 2.86. The van der Waals surface area contributed by atoms with E-state index in [1.54, 1.807) is 12.1 Å². The lowest BCUT2D eigenvalue weighted by atomic mass is 9.99. The Kier molecular flexibility index (Phi) is 2.86. The van der Waals surface area contributed by atoms with Crippen molar-refractivity contribution in [3.63, 3.8) is 0 Å². The van der Waals surface area contributed by atoms with Gasteiger partial charge in [0.05, 0.1) is 11.1 Å². The zero-order chi connectivity index (χ0) is 10.7. The average Bonchev–Trinajstić information content (AvgIpc) is 2.16. The minimum Gasteiger partial charge on any atom is -0.478 e. The molecule has 0 unspecified atom stereocenters. The molecule has 1 amide bonds. The lowest BCUT2D eigenvalue weighted by molar-refractivity contribution is 0.0691. The summed E-state index contributed by atoms with van der Waals surface area (Å²) in [6.07, 6.45) is 0.558. The van der Waals surface area contributed by atoms with E-state index >= 15 is 0 Å². The van der Waals surface area contributed by atoms with E-state index in [4.69, 9.17) is 10.8 Å². The van der Waals surface area contributed by atoms with Crippen molar-refractivity contribution < 1.29 is 14.7 Å². The van der Waals surface area contributed by atoms with Crippen molar-refractivity contribution in [2.45, 2.75) is 13.3 Å². The fourth-order valence-electron chi connectivity index (χ4n) is 1.35. The summed E-state index contributed by atoms with van der Waals surface area (Å²) in [5.74, 6) is -1.83. The van der Waals surface area contributed by atoms with Gasteiger partial charge >= 0.3 is 5.97 Å². The van der Waals surface area contributed by atoms with Gasteiger partial charge in [0.25, 0.3) is 0 Å². The molecule has 0 aromatic heterocycles. The molecule has 0 heterocycles. The molecule has 0 saturated heterocycles. The van der Waals surface area contributed by atoms with Crippen molar-refractivity contribution in [1.82, 2.24) is 0 Å². The molecule has 1 aromatic rings. The zero-order valence-electron chi connectivity index (χ0n) is 7.78. The first-order chi connectivity index (χ1) is 6.57. The molecule has 0 aliphatic carbocycles. The SMILES string of the molecule is CCc1cccc(C(N)=O)c1C(=O)O. The van der Waals surface area contributed by atoms with Crippen LogP contribution in [0.1, 0.15) is 33.2 Å². The van der Waals surface area contributed by atoms with Crippen LogP contribution in [0.25, 0.3) is 0 Å². The summed E-state index contributed by atoms with van der Waals surface area (Å²) in [4.78, 5) is 21.9. The highest BCUT2D eigenvalue weighted by molar-refractivity contribution is 6.05. The van der Waals surface area contributed by atoms with Gasteiger partial charge in [-0.1, -0.05) is 19.1 Å². The number of carboxylic acids is 1. The average molecular weight is 193 g/mol. The van der Waals surface area contributed by atoms with Crippen molar-refractivity contribution in [2.24, 2.45) is 5.73 Å². The van der Waals surface area contributed by atoms with Crippen LogP contribution in [0.2, 0.25) is 0 Å². The molecular formula is C10H11NO3. The van der Waals surface area contributed by atoms with Gasteiger partial charge in [0, 0.05) is 0 Å². The van der Waals surface area contributed by atoms with E-state index in [1.165, 1.54) is 6.07 Å². The zero-order valence-corrected chi connectivity index (χ0v) is 7.78. The van der Waals surface area contributed by atoms with Gasteiger partial charge in [0.15, 0.2) is 0 Å². The molecule has 4 heteroatoms. The molecule has 0 atom stereocenters. The molecule has 1 aromatic carbocycles. The molecule has 0 bridgehead atoms. The summed E-state index contributed by atoms with van der Waals surface area (Å²) in [6.45, 7) is 1.83. The Labute approximate surface area is 81.3 Å². The molecule has 3 N–H and O–H groups in total. The van der Waals surface area contributed by atoms with Crippen LogP contribution in [0, 0.1) is 0 Å². The number of carboxylic acid groups (broad SMARTS) is 1. The van der Waals surface area contributed by atoms with E-state index in [0.29, 0.717) is 12.0 Å². The maximum atomic E-state index is 11.0. The fraction of sp³-hybridized carbons (Fsp3) is 0.200. The quantitative estimate of drug-likeness (QED) is 0.752. The summed E-state index contributed by atoms with van der Waals surface area (Å²) in [5, 5.41) is 8.92. The maximum absolute atomic E-state index is 11.0. The second kappa shape index (κ2) is 3.91. The Morgan fingerprint density at radius 3 is 2.50 bits per heavy atom. The monoisotopic (exact) mass is 193 g/mol. The second-order valence-corrected chi connectivity index (χ2v) is 2.86. The van der Waals surface area contributed by atoms with E-state index in [1.807, 2.05) is 6.92 Å². The van der Waals surface area contributed by atoms with E-state index in [0.717, 1.165) is 0 Å². The molecule has 0 radical (unpaired) electrons.